The Morgan fingerprint density at radius 3 is 2.46 bits per heavy atom. The average molecular weight is 597 g/mol. The van der Waals surface area contributed by atoms with Crippen LogP contribution in [0.4, 0.5) is 24.7 Å². The minimum absolute atomic E-state index is 0.0635. The number of rotatable bonds is 5. The summed E-state index contributed by atoms with van der Waals surface area (Å²) in [5.74, 6) is -6.83. The summed E-state index contributed by atoms with van der Waals surface area (Å²) in [5, 5.41) is 2.42. The van der Waals surface area contributed by atoms with Gasteiger partial charge >= 0.3 is 11.6 Å². The Balaban J connectivity index is 2.05. The van der Waals surface area contributed by atoms with Gasteiger partial charge in [0, 0.05) is 14.7 Å². The molecule has 0 bridgehead atoms. The molecule has 0 radical (unpaired) electrons. The highest BCUT2D eigenvalue weighted by atomic mass is 127. The fourth-order valence-corrected chi connectivity index (χ4v) is 4.00. The third-order valence-electron chi connectivity index (χ3n) is 5.26. The lowest BCUT2D eigenvalue weighted by Crippen LogP contribution is -2.34. The van der Waals surface area contributed by atoms with Crippen molar-refractivity contribution in [3.63, 3.8) is 0 Å². The first-order chi connectivity index (χ1) is 16.4. The van der Waals surface area contributed by atoms with E-state index in [0.717, 1.165) is 22.8 Å². The van der Waals surface area contributed by atoms with Crippen LogP contribution in [0.1, 0.15) is 11.1 Å². The normalized spacial score (nSPS) is 11.6. The number of amides is 1. The number of carbonyl (C=O) groups excluding carboxylic acids is 1. The second-order valence-electron chi connectivity index (χ2n) is 7.51. The first-order valence-electron chi connectivity index (χ1n) is 9.84. The Hall–Kier alpha value is -3.88. The van der Waals surface area contributed by atoms with Crippen LogP contribution >= 0.6 is 22.6 Å². The number of nitrogens with zero attached hydrogens (tertiary/aromatic N) is 1. The highest BCUT2D eigenvalue weighted by Gasteiger charge is 2.39. The van der Waals surface area contributed by atoms with E-state index >= 15 is 0 Å². The van der Waals surface area contributed by atoms with Gasteiger partial charge in [-0.05, 0) is 59.8 Å². The summed E-state index contributed by atoms with van der Waals surface area (Å²) in [4.78, 5) is 54.1. The number of nitrogens with one attached hydrogen (secondary N) is 3. The lowest BCUT2D eigenvalue weighted by Gasteiger charge is -2.17. The highest BCUT2D eigenvalue weighted by molar-refractivity contribution is 14.1. The number of aromatic nitrogens is 3. The molecule has 0 aliphatic heterocycles. The molecule has 0 aliphatic rings. The largest absolute Gasteiger partial charge is 0.364 e. The van der Waals surface area contributed by atoms with Gasteiger partial charge in [-0.25, -0.2) is 9.18 Å². The topological polar surface area (TPSA) is 143 Å². The van der Waals surface area contributed by atoms with E-state index in [0.29, 0.717) is 3.57 Å². The van der Waals surface area contributed by atoms with Gasteiger partial charge < -0.3 is 16.0 Å². The van der Waals surface area contributed by atoms with Crippen molar-refractivity contribution < 1.29 is 18.0 Å². The summed E-state index contributed by atoms with van der Waals surface area (Å²) in [6, 6.07) is 8.42. The highest BCUT2D eigenvalue weighted by Crippen LogP contribution is 2.30. The second-order valence-corrected chi connectivity index (χ2v) is 8.76. The van der Waals surface area contributed by atoms with Gasteiger partial charge in [-0.3, -0.25) is 23.9 Å². The molecule has 0 unspecified atom stereocenters. The molecule has 2 aromatic heterocycles. The zero-order valence-electron chi connectivity index (χ0n) is 17.7. The number of aryl methyl sites for hydroxylation is 1. The van der Waals surface area contributed by atoms with Crippen LogP contribution in [0.3, 0.4) is 0 Å². The minimum Gasteiger partial charge on any atom is -0.364 e. The van der Waals surface area contributed by atoms with Gasteiger partial charge in [0.25, 0.3) is 17.0 Å². The van der Waals surface area contributed by atoms with E-state index in [2.05, 4.69) is 15.3 Å². The summed E-state index contributed by atoms with van der Waals surface area (Å²) < 4.78 is 44.4. The van der Waals surface area contributed by atoms with E-state index in [9.17, 15) is 32.3 Å². The number of H-pyrrole nitrogens is 2. The van der Waals surface area contributed by atoms with Crippen LogP contribution in [-0.4, -0.2) is 20.4 Å². The van der Waals surface area contributed by atoms with Crippen molar-refractivity contribution in [1.29, 1.82) is 0 Å². The molecule has 1 amide bonds. The number of halogens is 4. The molecule has 0 fully saturated rings. The fourth-order valence-electron chi connectivity index (χ4n) is 3.55. The van der Waals surface area contributed by atoms with Crippen LogP contribution in [0, 0.1) is 16.3 Å². The van der Waals surface area contributed by atoms with Crippen molar-refractivity contribution in [2.75, 3.05) is 5.32 Å². The molecule has 0 saturated heterocycles. The van der Waals surface area contributed by atoms with E-state index < -0.39 is 40.0 Å². The maximum absolute atomic E-state index is 14.4. The predicted octanol–water partition coefficient (Wildman–Crippen LogP) is 2.74. The number of pyridine rings is 1. The number of benzene rings is 2. The predicted molar refractivity (Wildman–Crippen MR) is 131 cm³/mol. The van der Waals surface area contributed by atoms with Gasteiger partial charge in [0.1, 0.15) is 17.0 Å². The minimum atomic E-state index is -4.04. The fraction of sp³-hybridized carbons (Fsp3) is 0.0909. The van der Waals surface area contributed by atoms with Crippen molar-refractivity contribution >= 4 is 50.9 Å². The van der Waals surface area contributed by atoms with Crippen molar-refractivity contribution in [3.05, 3.63) is 94.2 Å². The number of fused-ring (bicyclic) bond motifs is 1. The Bertz CT molecular complexity index is 1690. The lowest BCUT2D eigenvalue weighted by atomic mass is 10.1. The van der Waals surface area contributed by atoms with Crippen LogP contribution in [-0.2, 0) is 10.7 Å². The van der Waals surface area contributed by atoms with Crippen LogP contribution in [0.25, 0.3) is 16.6 Å². The monoisotopic (exact) mass is 597 g/mol. The summed E-state index contributed by atoms with van der Waals surface area (Å²) in [6.45, 7) is 1.33. The zero-order valence-corrected chi connectivity index (χ0v) is 19.9. The Morgan fingerprint density at radius 2 is 1.80 bits per heavy atom. The van der Waals surface area contributed by atoms with Crippen molar-refractivity contribution in [2.24, 2.45) is 5.73 Å². The molecular formula is C22H15F3IN5O4. The first-order valence-corrected chi connectivity index (χ1v) is 10.9. The molecule has 2 aromatic carbocycles. The maximum Gasteiger partial charge on any atom is 0.349 e. The number of aromatic amines is 2. The van der Waals surface area contributed by atoms with E-state index in [4.69, 9.17) is 5.73 Å². The number of alkyl halides is 2. The summed E-state index contributed by atoms with van der Waals surface area (Å²) in [7, 11) is 0. The van der Waals surface area contributed by atoms with Crippen molar-refractivity contribution in [1.82, 2.24) is 14.5 Å². The van der Waals surface area contributed by atoms with Crippen molar-refractivity contribution in [3.8, 4) is 5.69 Å². The third-order valence-corrected chi connectivity index (χ3v) is 5.93. The van der Waals surface area contributed by atoms with Crippen LogP contribution in [0.2, 0.25) is 0 Å². The van der Waals surface area contributed by atoms with Crippen LogP contribution in [0.15, 0.2) is 56.8 Å². The number of nitrogens with two attached hydrogens (primary N) is 1. The second kappa shape index (κ2) is 8.72. The first kappa shape index (κ1) is 24.3. The number of hydrogen-bond acceptors (Lipinski definition) is 5. The summed E-state index contributed by atoms with van der Waals surface area (Å²) in [5.41, 5.74) is 0.836. The Kier molecular flexibility index (Phi) is 6.04. The van der Waals surface area contributed by atoms with Crippen LogP contribution in [0.5, 0.6) is 0 Å². The van der Waals surface area contributed by atoms with Gasteiger partial charge in [-0.15, -0.1) is 0 Å². The molecule has 5 N–H and O–H groups in total. The quantitative estimate of drug-likeness (QED) is 0.262. The van der Waals surface area contributed by atoms with Gasteiger partial charge in [-0.1, -0.05) is 12.1 Å². The van der Waals surface area contributed by atoms with E-state index in [1.807, 2.05) is 22.6 Å². The van der Waals surface area contributed by atoms with Gasteiger partial charge in [0.05, 0.1) is 16.9 Å². The lowest BCUT2D eigenvalue weighted by molar-refractivity contribution is -0.143. The maximum atomic E-state index is 14.4. The summed E-state index contributed by atoms with van der Waals surface area (Å²) >= 11 is 1.91. The standard InChI is InChI=1S/C22H15F3IN5O4/c1-9-16-15(17(29-18(9)32)28-14-6-5-11(26)8-13(14)23)19(33)30-21(35)31(16)12-4-2-3-10(7-12)22(24,25)20(27)34/h2-8H,1H3,(H2,27,34)(H2,28,29,32)(H,30,33,35). The molecule has 0 spiro atoms. The SMILES string of the molecule is Cc1c(=O)[nH]c(Nc2ccc(I)cc2F)c2c(=O)[nH]c(=O)n(-c3cccc(C(F)(F)C(N)=O)c3)c12. The summed E-state index contributed by atoms with van der Waals surface area (Å²) in [6.07, 6.45) is 0. The molecule has 180 valence electrons. The molecule has 4 rings (SSSR count). The van der Waals surface area contributed by atoms with E-state index in [-0.39, 0.29) is 33.7 Å². The molecule has 0 atom stereocenters. The Labute approximate surface area is 206 Å². The number of anilines is 2. The smallest absolute Gasteiger partial charge is 0.349 e. The van der Waals surface area contributed by atoms with Crippen LogP contribution < -0.4 is 27.9 Å². The number of primary amides is 1. The molecule has 2 heterocycles. The van der Waals surface area contributed by atoms with E-state index in [1.165, 1.54) is 25.1 Å². The molecule has 0 saturated carbocycles. The molecule has 35 heavy (non-hydrogen) atoms. The average Bonchev–Trinajstić information content (AvgIpc) is 2.78. The third kappa shape index (κ3) is 4.22. The van der Waals surface area contributed by atoms with Gasteiger partial charge in [0.15, 0.2) is 0 Å². The molecular weight excluding hydrogens is 582 g/mol. The van der Waals surface area contributed by atoms with Crippen molar-refractivity contribution in [2.45, 2.75) is 12.8 Å². The molecule has 13 heteroatoms. The molecule has 4 aromatic rings. The molecule has 9 nitrogen and oxygen atoms in total. The van der Waals surface area contributed by atoms with Gasteiger partial charge in [-0.2, -0.15) is 8.78 Å². The number of carbonyl (C=O) groups is 1. The molecule has 0 aliphatic carbocycles. The van der Waals surface area contributed by atoms with Gasteiger partial charge in [0.2, 0.25) is 0 Å². The Morgan fingerprint density at radius 1 is 1.09 bits per heavy atom. The van der Waals surface area contributed by atoms with E-state index in [1.54, 1.807) is 6.07 Å². The zero-order chi connectivity index (χ0) is 25.7. The number of hydrogen-bond donors (Lipinski definition) is 4.